The van der Waals surface area contributed by atoms with Crippen molar-refractivity contribution in [3.8, 4) is 0 Å². The lowest BCUT2D eigenvalue weighted by Crippen LogP contribution is -2.26. The molecule has 1 aliphatic rings. The Balaban J connectivity index is 1.77. The number of carbonyl (C=O) groups is 1. The molecule has 1 atom stereocenters. The number of pyridine rings is 1. The quantitative estimate of drug-likeness (QED) is 0.893. The molecular formula is C12H15ClN2O2. The molecule has 5 heteroatoms. The van der Waals surface area contributed by atoms with Crippen molar-refractivity contribution in [2.24, 2.45) is 5.92 Å². The van der Waals surface area contributed by atoms with Gasteiger partial charge in [-0.15, -0.1) is 0 Å². The van der Waals surface area contributed by atoms with Crippen molar-refractivity contribution in [1.82, 2.24) is 10.3 Å². The van der Waals surface area contributed by atoms with E-state index in [0.29, 0.717) is 23.0 Å². The maximum atomic E-state index is 11.7. The molecule has 0 saturated carbocycles. The van der Waals surface area contributed by atoms with Gasteiger partial charge in [0.1, 0.15) is 0 Å². The smallest absolute Gasteiger partial charge is 0.252 e. The Hall–Kier alpha value is -1.13. The number of halogens is 1. The molecule has 0 radical (unpaired) electrons. The van der Waals surface area contributed by atoms with Crippen LogP contribution in [0.4, 0.5) is 0 Å². The Bertz CT molecular complexity index is 392. The summed E-state index contributed by atoms with van der Waals surface area (Å²) in [6, 6.07) is 1.61. The molecule has 92 valence electrons. The predicted molar refractivity (Wildman–Crippen MR) is 65.1 cm³/mol. The molecule has 2 rings (SSSR count). The minimum Gasteiger partial charge on any atom is -0.381 e. The van der Waals surface area contributed by atoms with Crippen LogP contribution in [0.25, 0.3) is 0 Å². The Labute approximate surface area is 105 Å². The van der Waals surface area contributed by atoms with Gasteiger partial charge in [0.2, 0.25) is 0 Å². The van der Waals surface area contributed by atoms with E-state index in [9.17, 15) is 4.79 Å². The van der Waals surface area contributed by atoms with E-state index in [1.807, 2.05) is 0 Å². The van der Waals surface area contributed by atoms with Crippen molar-refractivity contribution in [3.63, 3.8) is 0 Å². The van der Waals surface area contributed by atoms with Gasteiger partial charge in [0, 0.05) is 32.2 Å². The average molecular weight is 255 g/mol. The van der Waals surface area contributed by atoms with Gasteiger partial charge in [0.25, 0.3) is 5.91 Å². The van der Waals surface area contributed by atoms with E-state index in [4.69, 9.17) is 16.3 Å². The van der Waals surface area contributed by atoms with Gasteiger partial charge in [-0.2, -0.15) is 0 Å². The molecule has 1 aromatic heterocycles. The van der Waals surface area contributed by atoms with Crippen molar-refractivity contribution in [1.29, 1.82) is 0 Å². The number of amides is 1. The van der Waals surface area contributed by atoms with Crippen LogP contribution in [0.2, 0.25) is 5.02 Å². The number of hydrogen-bond acceptors (Lipinski definition) is 3. The lowest BCUT2D eigenvalue weighted by atomic mass is 10.1. The SMILES string of the molecule is O=C(NCC[C@H]1CCOC1)c1cncc(Cl)c1. The van der Waals surface area contributed by atoms with Gasteiger partial charge in [0.05, 0.1) is 10.6 Å². The van der Waals surface area contributed by atoms with Crippen LogP contribution in [0.3, 0.4) is 0 Å². The molecule has 1 saturated heterocycles. The van der Waals surface area contributed by atoms with E-state index in [2.05, 4.69) is 10.3 Å². The van der Waals surface area contributed by atoms with Gasteiger partial charge in [0.15, 0.2) is 0 Å². The third-order valence-electron chi connectivity index (χ3n) is 2.83. The Morgan fingerprint density at radius 1 is 1.59 bits per heavy atom. The fraction of sp³-hybridized carbons (Fsp3) is 0.500. The van der Waals surface area contributed by atoms with Crippen molar-refractivity contribution < 1.29 is 9.53 Å². The minimum absolute atomic E-state index is 0.126. The van der Waals surface area contributed by atoms with Crippen LogP contribution in [0, 0.1) is 5.92 Å². The molecule has 0 aliphatic carbocycles. The Morgan fingerprint density at radius 3 is 3.18 bits per heavy atom. The van der Waals surface area contributed by atoms with Gasteiger partial charge < -0.3 is 10.1 Å². The standard InChI is InChI=1S/C12H15ClN2O2/c13-11-5-10(6-14-7-11)12(16)15-3-1-9-2-4-17-8-9/h5-7,9H,1-4,8H2,(H,15,16)/t9-/m0/s1. The monoisotopic (exact) mass is 254 g/mol. The van der Waals surface area contributed by atoms with Gasteiger partial charge >= 0.3 is 0 Å². The lowest BCUT2D eigenvalue weighted by Gasteiger charge is -2.08. The summed E-state index contributed by atoms with van der Waals surface area (Å²) in [4.78, 5) is 15.6. The first-order valence-corrected chi connectivity index (χ1v) is 6.10. The Kier molecular flexibility index (Phi) is 4.34. The lowest BCUT2D eigenvalue weighted by molar-refractivity contribution is 0.0950. The summed E-state index contributed by atoms with van der Waals surface area (Å²) >= 11 is 5.77. The largest absolute Gasteiger partial charge is 0.381 e. The molecule has 2 heterocycles. The van der Waals surface area contributed by atoms with Crippen LogP contribution in [0.15, 0.2) is 18.5 Å². The highest BCUT2D eigenvalue weighted by molar-refractivity contribution is 6.30. The highest BCUT2D eigenvalue weighted by atomic mass is 35.5. The van der Waals surface area contributed by atoms with Crippen LogP contribution in [0.5, 0.6) is 0 Å². The molecule has 1 amide bonds. The minimum atomic E-state index is -0.126. The average Bonchev–Trinajstić information content (AvgIpc) is 2.82. The first kappa shape index (κ1) is 12.3. The molecule has 17 heavy (non-hydrogen) atoms. The number of nitrogens with zero attached hydrogens (tertiary/aromatic N) is 1. The van der Waals surface area contributed by atoms with E-state index < -0.39 is 0 Å². The molecule has 0 bridgehead atoms. The summed E-state index contributed by atoms with van der Waals surface area (Å²) in [7, 11) is 0. The van der Waals surface area contributed by atoms with Gasteiger partial charge in [-0.25, -0.2) is 0 Å². The van der Waals surface area contributed by atoms with Gasteiger partial charge in [-0.1, -0.05) is 11.6 Å². The fourth-order valence-electron chi connectivity index (χ4n) is 1.84. The van der Waals surface area contributed by atoms with Gasteiger partial charge in [-0.3, -0.25) is 9.78 Å². The van der Waals surface area contributed by atoms with E-state index in [1.54, 1.807) is 6.07 Å². The molecule has 0 aromatic carbocycles. The highest BCUT2D eigenvalue weighted by Gasteiger charge is 2.15. The third kappa shape index (κ3) is 3.68. The second kappa shape index (κ2) is 5.98. The van der Waals surface area contributed by atoms with E-state index in [1.165, 1.54) is 12.4 Å². The van der Waals surface area contributed by atoms with Crippen molar-refractivity contribution in [3.05, 3.63) is 29.0 Å². The molecule has 1 aliphatic heterocycles. The van der Waals surface area contributed by atoms with Crippen LogP contribution < -0.4 is 5.32 Å². The summed E-state index contributed by atoms with van der Waals surface area (Å²) in [5.74, 6) is 0.451. The second-order valence-electron chi connectivity index (χ2n) is 4.17. The predicted octanol–water partition coefficient (Wildman–Crippen LogP) is 1.89. The fourth-order valence-corrected chi connectivity index (χ4v) is 2.01. The second-order valence-corrected chi connectivity index (χ2v) is 4.60. The molecule has 1 N–H and O–H groups in total. The number of nitrogens with one attached hydrogen (secondary N) is 1. The van der Waals surface area contributed by atoms with E-state index in [-0.39, 0.29) is 5.91 Å². The summed E-state index contributed by atoms with van der Waals surface area (Å²) in [5, 5.41) is 3.33. The van der Waals surface area contributed by atoms with Crippen LogP contribution in [0.1, 0.15) is 23.2 Å². The first-order chi connectivity index (χ1) is 8.25. The third-order valence-corrected chi connectivity index (χ3v) is 3.04. The zero-order valence-electron chi connectivity index (χ0n) is 9.49. The van der Waals surface area contributed by atoms with Gasteiger partial charge in [-0.05, 0) is 24.8 Å². The first-order valence-electron chi connectivity index (χ1n) is 5.72. The maximum absolute atomic E-state index is 11.7. The molecule has 0 unspecified atom stereocenters. The topological polar surface area (TPSA) is 51.2 Å². The number of aromatic nitrogens is 1. The van der Waals surface area contributed by atoms with Crippen molar-refractivity contribution >= 4 is 17.5 Å². The summed E-state index contributed by atoms with van der Waals surface area (Å²) < 4.78 is 5.27. The number of rotatable bonds is 4. The molecule has 1 fully saturated rings. The normalized spacial score (nSPS) is 19.2. The highest BCUT2D eigenvalue weighted by Crippen LogP contribution is 2.15. The summed E-state index contributed by atoms with van der Waals surface area (Å²) in [6.07, 6.45) is 5.07. The number of carbonyl (C=O) groups excluding carboxylic acids is 1. The Morgan fingerprint density at radius 2 is 2.47 bits per heavy atom. The molecule has 0 spiro atoms. The van der Waals surface area contributed by atoms with Crippen LogP contribution in [-0.2, 0) is 4.74 Å². The zero-order valence-corrected chi connectivity index (χ0v) is 10.2. The molecule has 1 aromatic rings. The molecular weight excluding hydrogens is 240 g/mol. The zero-order chi connectivity index (χ0) is 12.1. The van der Waals surface area contributed by atoms with E-state index >= 15 is 0 Å². The van der Waals surface area contributed by atoms with Crippen molar-refractivity contribution in [2.45, 2.75) is 12.8 Å². The summed E-state index contributed by atoms with van der Waals surface area (Å²) in [6.45, 7) is 2.32. The maximum Gasteiger partial charge on any atom is 0.252 e. The summed E-state index contributed by atoms with van der Waals surface area (Å²) in [5.41, 5.74) is 0.500. The van der Waals surface area contributed by atoms with Crippen molar-refractivity contribution in [2.75, 3.05) is 19.8 Å². The number of hydrogen-bond donors (Lipinski definition) is 1. The number of ether oxygens (including phenoxy) is 1. The van der Waals surface area contributed by atoms with Crippen LogP contribution >= 0.6 is 11.6 Å². The molecule has 4 nitrogen and oxygen atoms in total. The van der Waals surface area contributed by atoms with E-state index in [0.717, 1.165) is 26.1 Å². The van der Waals surface area contributed by atoms with Crippen LogP contribution in [-0.4, -0.2) is 30.6 Å².